The third kappa shape index (κ3) is 4.90. The number of carbonyl (C=O) groups excluding carboxylic acids is 1. The van der Waals surface area contributed by atoms with Crippen molar-refractivity contribution in [3.05, 3.63) is 28.8 Å². The van der Waals surface area contributed by atoms with Crippen LogP contribution in [0.15, 0.2) is 18.2 Å². The Hall–Kier alpha value is -1.53. The second kappa shape index (κ2) is 9.31. The first-order valence-corrected chi connectivity index (χ1v) is 10.5. The number of likely N-dealkylation sites (tertiary alicyclic amines) is 2. The lowest BCUT2D eigenvalue weighted by Crippen LogP contribution is -2.45. The van der Waals surface area contributed by atoms with E-state index in [9.17, 15) is 4.79 Å². The molecule has 0 N–H and O–H groups in total. The summed E-state index contributed by atoms with van der Waals surface area (Å²) < 4.78 is 26.1. The molecule has 5 nitrogen and oxygen atoms in total. The lowest BCUT2D eigenvalue weighted by molar-refractivity contribution is 0.0386. The highest BCUT2D eigenvalue weighted by molar-refractivity contribution is 6.30. The van der Waals surface area contributed by atoms with Crippen LogP contribution in [0.3, 0.4) is 0 Å². The van der Waals surface area contributed by atoms with E-state index in [1.165, 1.54) is 0 Å². The largest absolute Gasteiger partial charge is 0.496 e. The fourth-order valence-electron chi connectivity index (χ4n) is 4.27. The number of nitrogens with zero attached hydrogens (tertiary/aromatic N) is 2. The Morgan fingerprint density at radius 2 is 1.93 bits per heavy atom. The second-order valence-corrected chi connectivity index (χ2v) is 8.18. The Morgan fingerprint density at radius 3 is 2.54 bits per heavy atom. The number of hydrogen-bond acceptors (Lipinski definition) is 4. The number of amides is 1. The van der Waals surface area contributed by atoms with Gasteiger partial charge in [-0.15, -0.1) is 0 Å². The van der Waals surface area contributed by atoms with Gasteiger partial charge in [0.15, 0.2) is 0 Å². The Kier molecular flexibility index (Phi) is 7.05. The summed E-state index contributed by atoms with van der Waals surface area (Å²) in [5.74, 6) is 1.10. The number of ether oxygens (including phenoxy) is 2. The molecule has 156 valence electrons. The van der Waals surface area contributed by atoms with E-state index >= 15 is 4.39 Å². The molecule has 2 saturated heterocycles. The average Bonchev–Trinajstić information content (AvgIpc) is 2.70. The third-order valence-electron chi connectivity index (χ3n) is 5.95. The molecule has 1 aromatic carbocycles. The molecule has 2 fully saturated rings. The topological polar surface area (TPSA) is 42.0 Å². The maximum atomic E-state index is 15.7. The Morgan fingerprint density at radius 1 is 1.25 bits per heavy atom. The van der Waals surface area contributed by atoms with Gasteiger partial charge < -0.3 is 19.3 Å². The summed E-state index contributed by atoms with van der Waals surface area (Å²) in [4.78, 5) is 15.9. The molecule has 1 amide bonds. The number of alkyl halides is 1. The predicted octanol–water partition coefficient (Wildman–Crippen LogP) is 4.48. The number of carbonyl (C=O) groups is 1. The van der Waals surface area contributed by atoms with Crippen molar-refractivity contribution >= 4 is 17.7 Å². The molecule has 0 aromatic heterocycles. The van der Waals surface area contributed by atoms with Crippen molar-refractivity contribution in [3.63, 3.8) is 0 Å². The Labute approximate surface area is 171 Å². The van der Waals surface area contributed by atoms with Crippen LogP contribution in [0, 0.1) is 5.92 Å². The molecule has 7 heteroatoms. The van der Waals surface area contributed by atoms with Crippen LogP contribution in [-0.4, -0.2) is 62.3 Å². The molecule has 0 spiro atoms. The molecule has 3 rings (SSSR count). The van der Waals surface area contributed by atoms with E-state index in [-0.39, 0.29) is 6.09 Å². The van der Waals surface area contributed by atoms with Crippen LogP contribution in [0.1, 0.15) is 38.2 Å². The van der Waals surface area contributed by atoms with Gasteiger partial charge in [0.1, 0.15) is 11.4 Å². The highest BCUT2D eigenvalue weighted by Crippen LogP contribution is 2.42. The van der Waals surface area contributed by atoms with Gasteiger partial charge >= 0.3 is 6.09 Å². The number of benzene rings is 1. The number of halogens is 2. The molecule has 28 heavy (non-hydrogen) atoms. The molecular formula is C21H30ClFN2O3. The Balaban J connectivity index is 1.51. The van der Waals surface area contributed by atoms with Gasteiger partial charge in [0.2, 0.25) is 0 Å². The molecule has 0 bridgehead atoms. The zero-order chi connectivity index (χ0) is 20.1. The summed E-state index contributed by atoms with van der Waals surface area (Å²) in [6.07, 6.45) is 2.60. The van der Waals surface area contributed by atoms with Gasteiger partial charge in [-0.1, -0.05) is 11.6 Å². The first-order chi connectivity index (χ1) is 13.4. The molecule has 0 saturated carbocycles. The van der Waals surface area contributed by atoms with Gasteiger partial charge in [-0.3, -0.25) is 0 Å². The van der Waals surface area contributed by atoms with E-state index < -0.39 is 5.67 Å². The second-order valence-electron chi connectivity index (χ2n) is 7.74. The maximum Gasteiger partial charge on any atom is 0.409 e. The molecule has 2 heterocycles. The molecule has 2 aliphatic heterocycles. The minimum absolute atomic E-state index is 0.211. The minimum atomic E-state index is -1.40. The highest BCUT2D eigenvalue weighted by Gasteiger charge is 2.39. The summed E-state index contributed by atoms with van der Waals surface area (Å²) in [7, 11) is 1.56. The first kappa shape index (κ1) is 21.2. The van der Waals surface area contributed by atoms with E-state index in [2.05, 4.69) is 4.90 Å². The van der Waals surface area contributed by atoms with E-state index in [4.69, 9.17) is 21.1 Å². The zero-order valence-electron chi connectivity index (χ0n) is 16.8. The van der Waals surface area contributed by atoms with Crippen molar-refractivity contribution in [2.45, 2.75) is 38.3 Å². The molecule has 0 unspecified atom stereocenters. The van der Waals surface area contributed by atoms with Crippen molar-refractivity contribution in [2.75, 3.05) is 46.4 Å². The summed E-state index contributed by atoms with van der Waals surface area (Å²) in [5, 5.41) is 0.531. The van der Waals surface area contributed by atoms with Gasteiger partial charge in [0.05, 0.1) is 13.7 Å². The van der Waals surface area contributed by atoms with Crippen molar-refractivity contribution in [1.29, 1.82) is 0 Å². The van der Waals surface area contributed by atoms with Gasteiger partial charge in [-0.25, -0.2) is 9.18 Å². The predicted molar refractivity (Wildman–Crippen MR) is 108 cm³/mol. The molecule has 0 atom stereocenters. The number of piperidine rings is 2. The van der Waals surface area contributed by atoms with Gasteiger partial charge in [0, 0.05) is 43.3 Å². The van der Waals surface area contributed by atoms with E-state index in [1.807, 2.05) is 6.92 Å². The van der Waals surface area contributed by atoms with Crippen molar-refractivity contribution < 1.29 is 18.7 Å². The van der Waals surface area contributed by atoms with Crippen LogP contribution >= 0.6 is 11.6 Å². The van der Waals surface area contributed by atoms with Crippen LogP contribution in [0.25, 0.3) is 0 Å². The average molecular weight is 413 g/mol. The lowest BCUT2D eigenvalue weighted by atomic mass is 9.85. The lowest BCUT2D eigenvalue weighted by Gasteiger charge is -2.40. The summed E-state index contributed by atoms with van der Waals surface area (Å²) in [5.41, 5.74) is -0.843. The highest BCUT2D eigenvalue weighted by atomic mass is 35.5. The molecular weight excluding hydrogens is 383 g/mol. The van der Waals surface area contributed by atoms with E-state index in [1.54, 1.807) is 30.2 Å². The number of rotatable bonds is 5. The van der Waals surface area contributed by atoms with Gasteiger partial charge in [0.25, 0.3) is 0 Å². The summed E-state index contributed by atoms with van der Waals surface area (Å²) in [6.45, 7) is 6.10. The fraction of sp³-hybridized carbons (Fsp3) is 0.667. The summed E-state index contributed by atoms with van der Waals surface area (Å²) >= 11 is 6.10. The van der Waals surface area contributed by atoms with Crippen LogP contribution in [0.2, 0.25) is 5.02 Å². The quantitative estimate of drug-likeness (QED) is 0.715. The summed E-state index contributed by atoms with van der Waals surface area (Å²) in [6, 6.07) is 5.16. The van der Waals surface area contributed by atoms with Crippen LogP contribution in [-0.2, 0) is 10.4 Å². The van der Waals surface area contributed by atoms with Crippen molar-refractivity contribution in [1.82, 2.24) is 9.80 Å². The Bertz CT molecular complexity index is 672. The van der Waals surface area contributed by atoms with E-state index in [0.717, 1.165) is 32.5 Å². The van der Waals surface area contributed by atoms with Crippen LogP contribution in [0.4, 0.5) is 9.18 Å². The molecule has 0 aliphatic carbocycles. The fourth-order valence-corrected chi connectivity index (χ4v) is 4.44. The molecule has 2 aliphatic rings. The molecule has 1 aromatic rings. The third-order valence-corrected chi connectivity index (χ3v) is 6.18. The van der Waals surface area contributed by atoms with Crippen LogP contribution in [0.5, 0.6) is 5.75 Å². The standard InChI is InChI=1S/C21H30ClFN2O3/c1-3-28-20(26)25-10-6-16(7-11-25)15-24-12-8-21(23,9-13-24)18-14-17(22)4-5-19(18)27-2/h4-5,14,16H,3,6-13,15H2,1-2H3. The monoisotopic (exact) mass is 412 g/mol. The molecule has 0 radical (unpaired) electrons. The van der Waals surface area contributed by atoms with Gasteiger partial charge in [-0.2, -0.15) is 0 Å². The van der Waals surface area contributed by atoms with Crippen molar-refractivity contribution in [2.24, 2.45) is 5.92 Å². The maximum absolute atomic E-state index is 15.7. The SMILES string of the molecule is CCOC(=O)N1CCC(CN2CCC(F)(c3cc(Cl)ccc3OC)CC2)CC1. The zero-order valence-corrected chi connectivity index (χ0v) is 17.5. The smallest absolute Gasteiger partial charge is 0.409 e. The van der Waals surface area contributed by atoms with Crippen molar-refractivity contribution in [3.8, 4) is 5.75 Å². The normalized spacial score (nSPS) is 20.8. The van der Waals surface area contributed by atoms with E-state index in [0.29, 0.717) is 54.8 Å². The minimum Gasteiger partial charge on any atom is -0.496 e. The van der Waals surface area contributed by atoms with Gasteiger partial charge in [-0.05, 0) is 56.7 Å². The number of methoxy groups -OCH3 is 1. The first-order valence-electron chi connectivity index (χ1n) is 10.1. The van der Waals surface area contributed by atoms with Crippen LogP contribution < -0.4 is 4.74 Å². The number of hydrogen-bond donors (Lipinski definition) is 0.